The molecule has 0 radical (unpaired) electrons. The van der Waals surface area contributed by atoms with Crippen LogP contribution < -0.4 is 0 Å². The van der Waals surface area contributed by atoms with Crippen molar-refractivity contribution in [1.82, 2.24) is 0 Å². The van der Waals surface area contributed by atoms with Gasteiger partial charge in [-0.25, -0.2) is 4.79 Å². The van der Waals surface area contributed by atoms with E-state index < -0.39 is 5.41 Å². The summed E-state index contributed by atoms with van der Waals surface area (Å²) in [6.07, 6.45) is 1.69. The number of benzene rings is 1. The minimum Gasteiger partial charge on any atom is -0.465 e. The first kappa shape index (κ1) is 12.5. The minimum absolute atomic E-state index is 0.0198. The molecular formula is C13H16O3. The molecule has 0 heterocycles. The lowest BCUT2D eigenvalue weighted by Gasteiger charge is -2.23. The Hall–Kier alpha value is -1.61. The Labute approximate surface area is 95.4 Å². The van der Waals surface area contributed by atoms with Gasteiger partial charge in [-0.1, -0.05) is 18.2 Å². The highest BCUT2D eigenvalue weighted by molar-refractivity contribution is 5.89. The topological polar surface area (TPSA) is 46.5 Å². The zero-order chi connectivity index (χ0) is 12.2. The van der Waals surface area contributed by atoms with E-state index in [1.54, 1.807) is 30.3 Å². The number of hydrogen-bond acceptors (Lipinski definition) is 3. The van der Waals surface area contributed by atoms with Crippen molar-refractivity contribution in [3.05, 3.63) is 48.0 Å². The Morgan fingerprint density at radius 2 is 2.06 bits per heavy atom. The lowest BCUT2D eigenvalue weighted by atomic mass is 9.83. The summed E-state index contributed by atoms with van der Waals surface area (Å²) < 4.78 is 4.61. The van der Waals surface area contributed by atoms with Crippen molar-refractivity contribution < 1.29 is 14.6 Å². The van der Waals surface area contributed by atoms with Crippen molar-refractivity contribution in [2.24, 2.45) is 0 Å². The summed E-state index contributed by atoms with van der Waals surface area (Å²) in [5.74, 6) is -0.365. The molecule has 1 aromatic rings. The van der Waals surface area contributed by atoms with Crippen LogP contribution in [0.1, 0.15) is 22.8 Å². The van der Waals surface area contributed by atoms with Crippen molar-refractivity contribution >= 4 is 5.97 Å². The van der Waals surface area contributed by atoms with Gasteiger partial charge in [-0.05, 0) is 24.6 Å². The highest BCUT2D eigenvalue weighted by Gasteiger charge is 2.21. The van der Waals surface area contributed by atoms with E-state index in [0.717, 1.165) is 5.56 Å². The molecular weight excluding hydrogens is 204 g/mol. The van der Waals surface area contributed by atoms with E-state index in [1.165, 1.54) is 7.11 Å². The summed E-state index contributed by atoms with van der Waals surface area (Å²) in [6, 6.07) is 6.95. The summed E-state index contributed by atoms with van der Waals surface area (Å²) in [5, 5.41) is 9.30. The summed E-state index contributed by atoms with van der Waals surface area (Å²) in [6.45, 7) is 5.56. The lowest BCUT2D eigenvalue weighted by molar-refractivity contribution is 0.0600. The zero-order valence-electron chi connectivity index (χ0n) is 9.56. The second-order valence-corrected chi connectivity index (χ2v) is 3.85. The van der Waals surface area contributed by atoms with Crippen LogP contribution in [0.25, 0.3) is 0 Å². The second kappa shape index (κ2) is 4.94. The molecule has 0 aliphatic heterocycles. The number of aliphatic hydroxyl groups excluding tert-OH is 1. The van der Waals surface area contributed by atoms with Gasteiger partial charge in [-0.3, -0.25) is 0 Å². The second-order valence-electron chi connectivity index (χ2n) is 3.85. The van der Waals surface area contributed by atoms with Crippen LogP contribution in [0.15, 0.2) is 36.9 Å². The molecule has 3 nitrogen and oxygen atoms in total. The standard InChI is InChI=1S/C13H16O3/c1-4-13(2,9-14)11-7-5-10(6-8-11)12(15)16-3/h4-8,14H,1,9H2,2-3H3/t13-/m1/s1. The molecule has 3 heteroatoms. The molecule has 0 aromatic heterocycles. The van der Waals surface area contributed by atoms with Crippen LogP contribution in [0.3, 0.4) is 0 Å². The van der Waals surface area contributed by atoms with E-state index in [1.807, 2.05) is 6.92 Å². The van der Waals surface area contributed by atoms with Gasteiger partial charge >= 0.3 is 5.97 Å². The Morgan fingerprint density at radius 3 is 2.44 bits per heavy atom. The van der Waals surface area contributed by atoms with Gasteiger partial charge in [0, 0.05) is 5.41 Å². The molecule has 0 saturated heterocycles. The molecule has 0 unspecified atom stereocenters. The van der Waals surface area contributed by atoms with Gasteiger partial charge in [0.25, 0.3) is 0 Å². The van der Waals surface area contributed by atoms with Gasteiger partial charge < -0.3 is 9.84 Å². The fourth-order valence-electron chi connectivity index (χ4n) is 1.38. The molecule has 1 N–H and O–H groups in total. The predicted octanol–water partition coefficient (Wildman–Crippen LogP) is 1.91. The molecule has 0 aliphatic rings. The van der Waals surface area contributed by atoms with Gasteiger partial charge in [0.1, 0.15) is 0 Å². The van der Waals surface area contributed by atoms with Crippen molar-refractivity contribution in [1.29, 1.82) is 0 Å². The van der Waals surface area contributed by atoms with Crippen LogP contribution in [0.2, 0.25) is 0 Å². The largest absolute Gasteiger partial charge is 0.465 e. The predicted molar refractivity (Wildman–Crippen MR) is 62.4 cm³/mol. The third-order valence-electron chi connectivity index (χ3n) is 2.74. The van der Waals surface area contributed by atoms with Gasteiger partial charge in [0.05, 0.1) is 19.3 Å². The molecule has 0 saturated carbocycles. The molecule has 1 atom stereocenters. The summed E-state index contributed by atoms with van der Waals surface area (Å²) in [7, 11) is 1.35. The highest BCUT2D eigenvalue weighted by Crippen LogP contribution is 2.24. The zero-order valence-corrected chi connectivity index (χ0v) is 9.56. The van der Waals surface area contributed by atoms with Crippen LogP contribution >= 0.6 is 0 Å². The quantitative estimate of drug-likeness (QED) is 0.622. The number of aliphatic hydroxyl groups is 1. The number of hydrogen-bond donors (Lipinski definition) is 1. The van der Waals surface area contributed by atoms with Crippen molar-refractivity contribution in [3.63, 3.8) is 0 Å². The molecule has 0 aliphatic carbocycles. The van der Waals surface area contributed by atoms with E-state index >= 15 is 0 Å². The van der Waals surface area contributed by atoms with Crippen molar-refractivity contribution in [2.45, 2.75) is 12.3 Å². The fraction of sp³-hybridized carbons (Fsp3) is 0.308. The third kappa shape index (κ3) is 2.31. The molecule has 16 heavy (non-hydrogen) atoms. The number of methoxy groups -OCH3 is 1. The smallest absolute Gasteiger partial charge is 0.337 e. The van der Waals surface area contributed by atoms with Gasteiger partial charge in [0.15, 0.2) is 0 Å². The number of carbonyl (C=O) groups is 1. The lowest BCUT2D eigenvalue weighted by Crippen LogP contribution is -2.23. The van der Waals surface area contributed by atoms with E-state index in [2.05, 4.69) is 11.3 Å². The molecule has 1 rings (SSSR count). The van der Waals surface area contributed by atoms with Crippen LogP contribution in [0.4, 0.5) is 0 Å². The van der Waals surface area contributed by atoms with E-state index in [0.29, 0.717) is 5.56 Å². The Bertz CT molecular complexity index is 381. The fourth-order valence-corrected chi connectivity index (χ4v) is 1.38. The maximum atomic E-state index is 11.2. The number of carbonyl (C=O) groups excluding carboxylic acids is 1. The van der Waals surface area contributed by atoms with Crippen LogP contribution in [0, 0.1) is 0 Å². The molecule has 0 spiro atoms. The van der Waals surface area contributed by atoms with E-state index in [4.69, 9.17) is 0 Å². The van der Waals surface area contributed by atoms with Gasteiger partial charge in [0.2, 0.25) is 0 Å². The average Bonchev–Trinajstić information content (AvgIpc) is 2.37. The summed E-state index contributed by atoms with van der Waals surface area (Å²) in [4.78, 5) is 11.2. The highest BCUT2D eigenvalue weighted by atomic mass is 16.5. The van der Waals surface area contributed by atoms with Crippen molar-refractivity contribution in [3.8, 4) is 0 Å². The van der Waals surface area contributed by atoms with Crippen LogP contribution in [0.5, 0.6) is 0 Å². The third-order valence-corrected chi connectivity index (χ3v) is 2.74. The molecule has 0 bridgehead atoms. The maximum absolute atomic E-state index is 11.2. The van der Waals surface area contributed by atoms with E-state index in [-0.39, 0.29) is 12.6 Å². The Kier molecular flexibility index (Phi) is 3.85. The maximum Gasteiger partial charge on any atom is 0.337 e. The monoisotopic (exact) mass is 220 g/mol. The molecule has 86 valence electrons. The van der Waals surface area contributed by atoms with Gasteiger partial charge in [-0.15, -0.1) is 6.58 Å². The molecule has 0 amide bonds. The Balaban J connectivity index is 3.03. The SMILES string of the molecule is C=C[C@](C)(CO)c1ccc(C(=O)OC)cc1. The van der Waals surface area contributed by atoms with Crippen LogP contribution in [-0.2, 0) is 10.2 Å². The normalized spacial score (nSPS) is 13.9. The molecule has 0 fully saturated rings. The van der Waals surface area contributed by atoms with Crippen LogP contribution in [-0.4, -0.2) is 24.8 Å². The summed E-state index contributed by atoms with van der Waals surface area (Å²) >= 11 is 0. The minimum atomic E-state index is -0.478. The number of ether oxygens (including phenoxy) is 1. The average molecular weight is 220 g/mol. The number of esters is 1. The van der Waals surface area contributed by atoms with E-state index in [9.17, 15) is 9.90 Å². The molecule has 1 aromatic carbocycles. The Morgan fingerprint density at radius 1 is 1.50 bits per heavy atom. The number of rotatable bonds is 4. The van der Waals surface area contributed by atoms with Crippen molar-refractivity contribution in [2.75, 3.05) is 13.7 Å². The first-order valence-electron chi connectivity index (χ1n) is 5.00. The summed E-state index contributed by atoms with van der Waals surface area (Å²) in [5.41, 5.74) is 0.933. The van der Waals surface area contributed by atoms with Gasteiger partial charge in [-0.2, -0.15) is 0 Å². The first-order valence-corrected chi connectivity index (χ1v) is 5.00. The first-order chi connectivity index (χ1) is 7.57.